The van der Waals surface area contributed by atoms with Gasteiger partial charge in [0, 0.05) is 19.3 Å². The van der Waals surface area contributed by atoms with Crippen molar-refractivity contribution < 1.29 is 8.42 Å². The van der Waals surface area contributed by atoms with Crippen LogP contribution in [0.2, 0.25) is 0 Å². The quantitative estimate of drug-likeness (QED) is 0.841. The minimum absolute atomic E-state index is 0.138. The second-order valence-corrected chi connectivity index (χ2v) is 6.68. The van der Waals surface area contributed by atoms with Crippen LogP contribution in [0.25, 0.3) is 0 Å². The summed E-state index contributed by atoms with van der Waals surface area (Å²) in [6, 6.07) is 1.94. The number of nitrogens with two attached hydrogens (primary N) is 1. The maximum Gasteiger partial charge on any atom is 0.260 e. The number of aromatic amines is 1. The van der Waals surface area contributed by atoms with Gasteiger partial charge in [-0.2, -0.15) is 9.40 Å². The average Bonchev–Trinajstić information content (AvgIpc) is 3.10. The van der Waals surface area contributed by atoms with Gasteiger partial charge in [0.25, 0.3) is 10.0 Å². The number of sulfonamides is 1. The number of piperidine rings is 1. The molecule has 9 heteroatoms. The molecule has 0 spiro atoms. The van der Waals surface area contributed by atoms with Gasteiger partial charge in [0.15, 0.2) is 5.03 Å². The number of hydrogen-bond acceptors (Lipinski definition) is 5. The molecule has 0 bridgehead atoms. The van der Waals surface area contributed by atoms with E-state index >= 15 is 0 Å². The number of imidazole rings is 1. The van der Waals surface area contributed by atoms with Gasteiger partial charge < -0.3 is 10.7 Å². The van der Waals surface area contributed by atoms with Crippen LogP contribution in [-0.4, -0.2) is 45.6 Å². The molecule has 3 rings (SSSR count). The monoisotopic (exact) mass is 296 g/mol. The van der Waals surface area contributed by atoms with Crippen molar-refractivity contribution in [2.24, 2.45) is 0 Å². The molecule has 8 nitrogen and oxygen atoms in total. The molecule has 0 atom stereocenters. The molecule has 1 fully saturated rings. The third kappa shape index (κ3) is 2.29. The highest BCUT2D eigenvalue weighted by atomic mass is 32.2. The predicted octanol–water partition coefficient (Wildman–Crippen LogP) is 0.214. The first-order valence-corrected chi connectivity index (χ1v) is 7.80. The van der Waals surface area contributed by atoms with Crippen molar-refractivity contribution in [1.82, 2.24) is 24.1 Å². The molecule has 2 aromatic heterocycles. The van der Waals surface area contributed by atoms with E-state index in [9.17, 15) is 8.42 Å². The Kier molecular flexibility index (Phi) is 3.22. The lowest BCUT2D eigenvalue weighted by Crippen LogP contribution is -2.39. The zero-order chi connectivity index (χ0) is 14.2. The molecule has 2 aromatic rings. The van der Waals surface area contributed by atoms with Gasteiger partial charge in [0.2, 0.25) is 0 Å². The van der Waals surface area contributed by atoms with Gasteiger partial charge >= 0.3 is 0 Å². The number of rotatable bonds is 3. The highest BCUT2D eigenvalue weighted by Gasteiger charge is 2.31. The van der Waals surface area contributed by atoms with Crippen molar-refractivity contribution >= 4 is 15.8 Å². The van der Waals surface area contributed by atoms with Crippen LogP contribution in [0, 0.1) is 0 Å². The minimum atomic E-state index is -3.46. The molecular formula is C11H16N6O2S. The van der Waals surface area contributed by atoms with Gasteiger partial charge in [-0.25, -0.2) is 13.4 Å². The number of nitrogens with one attached hydrogen (secondary N) is 1. The van der Waals surface area contributed by atoms with E-state index in [4.69, 9.17) is 5.73 Å². The zero-order valence-electron chi connectivity index (χ0n) is 10.8. The van der Waals surface area contributed by atoms with E-state index in [0.29, 0.717) is 31.7 Å². The standard InChI is InChI=1S/C11H16N6O2S/c12-10-3-6-17(15-10)9-1-4-16(5-2-9)20(18,19)11-7-13-8-14-11/h3,6-9H,1-2,4-5H2,(H2,12,15)(H,13,14). The van der Waals surface area contributed by atoms with Crippen LogP contribution < -0.4 is 5.73 Å². The van der Waals surface area contributed by atoms with Gasteiger partial charge in [0.05, 0.1) is 18.6 Å². The molecule has 0 aromatic carbocycles. The molecule has 108 valence electrons. The lowest BCUT2D eigenvalue weighted by atomic mass is 10.1. The fourth-order valence-corrected chi connectivity index (χ4v) is 3.79. The second-order valence-electron chi connectivity index (χ2n) is 4.77. The number of aromatic nitrogens is 4. The van der Waals surface area contributed by atoms with E-state index in [0.717, 1.165) is 0 Å². The van der Waals surface area contributed by atoms with Crippen molar-refractivity contribution in [3.8, 4) is 0 Å². The first kappa shape index (κ1) is 13.1. The molecule has 0 unspecified atom stereocenters. The molecule has 20 heavy (non-hydrogen) atoms. The fourth-order valence-electron chi connectivity index (χ4n) is 2.43. The number of nitrogen functional groups attached to an aromatic ring is 1. The van der Waals surface area contributed by atoms with Crippen molar-refractivity contribution in [3.63, 3.8) is 0 Å². The van der Waals surface area contributed by atoms with Crippen molar-refractivity contribution in [2.45, 2.75) is 23.9 Å². The molecule has 1 aliphatic rings. The first-order valence-electron chi connectivity index (χ1n) is 6.36. The summed E-state index contributed by atoms with van der Waals surface area (Å²) in [5.74, 6) is 0.484. The smallest absolute Gasteiger partial charge is 0.260 e. The Labute approximate surface area is 116 Å². The van der Waals surface area contributed by atoms with Crippen LogP contribution in [-0.2, 0) is 10.0 Å². The third-order valence-corrected chi connectivity index (χ3v) is 5.34. The Morgan fingerprint density at radius 2 is 2.10 bits per heavy atom. The molecule has 0 radical (unpaired) electrons. The minimum Gasteiger partial charge on any atom is -0.382 e. The summed E-state index contributed by atoms with van der Waals surface area (Å²) < 4.78 is 27.9. The molecule has 3 N–H and O–H groups in total. The van der Waals surface area contributed by atoms with Crippen LogP contribution >= 0.6 is 0 Å². The summed E-state index contributed by atoms with van der Waals surface area (Å²) in [5, 5.41) is 4.32. The van der Waals surface area contributed by atoms with Crippen molar-refractivity contribution in [1.29, 1.82) is 0 Å². The number of anilines is 1. The largest absolute Gasteiger partial charge is 0.382 e. The number of H-pyrrole nitrogens is 1. The molecule has 3 heterocycles. The van der Waals surface area contributed by atoms with E-state index in [1.54, 1.807) is 6.07 Å². The van der Waals surface area contributed by atoms with Crippen LogP contribution in [0.4, 0.5) is 5.82 Å². The van der Waals surface area contributed by atoms with Gasteiger partial charge in [-0.15, -0.1) is 0 Å². The molecule has 1 saturated heterocycles. The summed E-state index contributed by atoms with van der Waals surface area (Å²) in [7, 11) is -3.46. The van der Waals surface area contributed by atoms with E-state index in [-0.39, 0.29) is 11.1 Å². The van der Waals surface area contributed by atoms with Crippen molar-refractivity contribution in [2.75, 3.05) is 18.8 Å². The van der Waals surface area contributed by atoms with E-state index in [1.807, 2.05) is 10.9 Å². The predicted molar refractivity (Wildman–Crippen MR) is 72.3 cm³/mol. The summed E-state index contributed by atoms with van der Waals surface area (Å²) in [6.07, 6.45) is 5.96. The highest BCUT2D eigenvalue weighted by molar-refractivity contribution is 7.89. The van der Waals surface area contributed by atoms with Gasteiger partial charge in [-0.3, -0.25) is 4.68 Å². The summed E-state index contributed by atoms with van der Waals surface area (Å²) in [6.45, 7) is 0.928. The zero-order valence-corrected chi connectivity index (χ0v) is 11.6. The Hall–Kier alpha value is -1.87. The molecule has 0 aliphatic carbocycles. The van der Waals surface area contributed by atoms with E-state index < -0.39 is 10.0 Å². The SMILES string of the molecule is Nc1ccn(C2CCN(S(=O)(=O)c3cnc[nH]3)CC2)n1. The van der Waals surface area contributed by atoms with E-state index in [1.165, 1.54) is 16.8 Å². The summed E-state index contributed by atoms with van der Waals surface area (Å²) in [4.78, 5) is 6.41. The van der Waals surface area contributed by atoms with Crippen LogP contribution in [0.3, 0.4) is 0 Å². The topological polar surface area (TPSA) is 110 Å². The van der Waals surface area contributed by atoms with Crippen molar-refractivity contribution in [3.05, 3.63) is 24.8 Å². The van der Waals surface area contributed by atoms with Gasteiger partial charge in [-0.05, 0) is 18.9 Å². The van der Waals surface area contributed by atoms with Gasteiger partial charge in [0.1, 0.15) is 5.82 Å². The Morgan fingerprint density at radius 1 is 1.35 bits per heavy atom. The maximum absolute atomic E-state index is 12.3. The fraction of sp³-hybridized carbons (Fsp3) is 0.455. The Morgan fingerprint density at radius 3 is 2.65 bits per heavy atom. The molecular weight excluding hydrogens is 280 g/mol. The third-order valence-electron chi connectivity index (χ3n) is 3.52. The van der Waals surface area contributed by atoms with Crippen LogP contribution in [0.15, 0.2) is 29.8 Å². The van der Waals surface area contributed by atoms with Crippen LogP contribution in [0.5, 0.6) is 0 Å². The Balaban J connectivity index is 1.70. The molecule has 0 amide bonds. The first-order chi connectivity index (χ1) is 9.57. The summed E-state index contributed by atoms with van der Waals surface area (Å²) >= 11 is 0. The highest BCUT2D eigenvalue weighted by Crippen LogP contribution is 2.25. The van der Waals surface area contributed by atoms with Gasteiger partial charge in [-0.1, -0.05) is 0 Å². The maximum atomic E-state index is 12.3. The van der Waals surface area contributed by atoms with E-state index in [2.05, 4.69) is 15.1 Å². The number of hydrogen-bond donors (Lipinski definition) is 2. The van der Waals surface area contributed by atoms with Crippen LogP contribution in [0.1, 0.15) is 18.9 Å². The lowest BCUT2D eigenvalue weighted by Gasteiger charge is -2.30. The second kappa shape index (κ2) is 4.91. The average molecular weight is 296 g/mol. The number of nitrogens with zero attached hydrogens (tertiary/aromatic N) is 4. The lowest BCUT2D eigenvalue weighted by molar-refractivity contribution is 0.261. The molecule has 0 saturated carbocycles. The normalized spacial score (nSPS) is 18.4. The molecule has 1 aliphatic heterocycles. The Bertz CT molecular complexity index is 670. The summed E-state index contributed by atoms with van der Waals surface area (Å²) in [5.41, 5.74) is 5.60.